The van der Waals surface area contributed by atoms with E-state index in [0.29, 0.717) is 0 Å². The Morgan fingerprint density at radius 1 is 0.217 bits per heavy atom. The number of quaternary nitrogens is 1. The van der Waals surface area contributed by atoms with E-state index in [9.17, 15) is 0 Å². The summed E-state index contributed by atoms with van der Waals surface area (Å²) in [5.41, 5.74) is 21.1. The molecule has 0 unspecified atom stereocenters. The average Bonchev–Trinajstić information content (AvgIpc) is 3.65. The number of nitrogens with zero attached hydrogens (tertiary/aromatic N) is 1. The molecule has 2 aliphatic rings. The largest absolute Gasteiger partial charge is 0.309 e. The summed E-state index contributed by atoms with van der Waals surface area (Å²) in [4.78, 5) is 0. The predicted octanol–water partition coefficient (Wildman–Crippen LogP) is 17.8. The molecule has 14 rings (SSSR count). The highest BCUT2D eigenvalue weighted by Gasteiger charge is 2.40. The Hall–Kier alpha value is -8.36. The number of benzene rings is 12. The van der Waals surface area contributed by atoms with Gasteiger partial charge < -0.3 is 4.48 Å². The molecule has 0 aliphatic carbocycles. The van der Waals surface area contributed by atoms with Gasteiger partial charge in [-0.05, 0) is 134 Å². The molecule has 69 heavy (non-hydrogen) atoms. The van der Waals surface area contributed by atoms with Gasteiger partial charge in [-0.2, -0.15) is 0 Å². The summed E-state index contributed by atoms with van der Waals surface area (Å²) >= 11 is 0. The third-order valence-electron chi connectivity index (χ3n) is 15.4. The fourth-order valence-corrected chi connectivity index (χ4v) is 12.4. The lowest BCUT2D eigenvalue weighted by atomic mass is 9.82. The Kier molecular flexibility index (Phi) is 9.15. The number of rotatable bonds is 4. The quantitative estimate of drug-likeness (QED) is 0.155. The van der Waals surface area contributed by atoms with Crippen molar-refractivity contribution in [2.24, 2.45) is 0 Å². The van der Waals surface area contributed by atoms with Crippen molar-refractivity contribution in [3.05, 3.63) is 265 Å². The Morgan fingerprint density at radius 3 is 0.986 bits per heavy atom. The minimum Gasteiger partial charge on any atom is -0.309 e. The van der Waals surface area contributed by atoms with Crippen LogP contribution in [0.4, 0.5) is 0 Å². The first-order chi connectivity index (χ1) is 34.1. The molecule has 0 fully saturated rings. The van der Waals surface area contributed by atoms with Crippen LogP contribution in [0.3, 0.4) is 0 Å². The molecule has 0 aromatic heterocycles. The molecule has 2 heterocycles. The Morgan fingerprint density at radius 2 is 0.565 bits per heavy atom. The molecule has 324 valence electrons. The zero-order valence-electron chi connectivity index (χ0n) is 38.4. The molecule has 12 aromatic carbocycles. The fourth-order valence-electron chi connectivity index (χ4n) is 12.4. The molecule has 0 amide bonds. The number of fused-ring (bicyclic) bond motifs is 14. The summed E-state index contributed by atoms with van der Waals surface area (Å²) in [5, 5.41) is 10.4. The average molecular weight is 879 g/mol. The molecule has 0 bridgehead atoms. The Bertz CT molecular complexity index is 3720. The van der Waals surface area contributed by atoms with Gasteiger partial charge in [-0.25, -0.2) is 0 Å². The maximum absolute atomic E-state index is 2.60. The lowest BCUT2D eigenvalue weighted by Gasteiger charge is -2.38. The van der Waals surface area contributed by atoms with Crippen molar-refractivity contribution in [3.63, 3.8) is 0 Å². The van der Waals surface area contributed by atoms with Gasteiger partial charge in [0.15, 0.2) is 0 Å². The number of hydrogen-bond acceptors (Lipinski definition) is 0. The molecule has 2 aliphatic heterocycles. The van der Waals surface area contributed by atoms with Crippen LogP contribution >= 0.6 is 0 Å². The van der Waals surface area contributed by atoms with Crippen LogP contribution in [0.2, 0.25) is 0 Å². The first kappa shape index (κ1) is 39.8. The van der Waals surface area contributed by atoms with Gasteiger partial charge in [-0.15, -0.1) is 0 Å². The molecule has 0 saturated carbocycles. The minimum atomic E-state index is 0.861. The van der Waals surface area contributed by atoms with Crippen LogP contribution in [0.5, 0.6) is 0 Å². The first-order valence-corrected chi connectivity index (χ1v) is 24.4. The van der Waals surface area contributed by atoms with Gasteiger partial charge in [-0.1, -0.05) is 218 Å². The molecular formula is C68H48N+. The van der Waals surface area contributed by atoms with E-state index in [1.807, 2.05) is 0 Å². The Labute approximate surface area is 403 Å². The fraction of sp³-hybridized carbons (Fsp3) is 0.0588. The van der Waals surface area contributed by atoms with Crippen LogP contribution in [0.15, 0.2) is 243 Å². The third kappa shape index (κ3) is 6.57. The summed E-state index contributed by atoms with van der Waals surface area (Å²) < 4.78 is 0.861. The van der Waals surface area contributed by atoms with Crippen molar-refractivity contribution in [1.82, 2.24) is 0 Å². The van der Waals surface area contributed by atoms with Crippen LogP contribution < -0.4 is 0 Å². The van der Waals surface area contributed by atoms with Crippen molar-refractivity contribution in [3.8, 4) is 66.8 Å². The molecule has 12 aromatic rings. The summed E-state index contributed by atoms with van der Waals surface area (Å²) in [6, 6.07) is 91.5. The molecule has 1 nitrogen and oxygen atoms in total. The summed E-state index contributed by atoms with van der Waals surface area (Å²) in [5.74, 6) is 0. The van der Waals surface area contributed by atoms with Crippen molar-refractivity contribution in [2.45, 2.75) is 26.2 Å². The number of hydrogen-bond donors (Lipinski definition) is 0. The standard InChI is InChI=1S/C68H48N/c1-5-17-45(18-6-1)51-33-35-59-63(37-51)61(47-21-9-3-10-22-47)39-55-43-69(41-53-31-29-49-25-13-15-27-57(49)65(53)66-54(42-69)32-30-50-26-14-16-28-58(50)66)44-56-40-62(48-23-11-4-12-24-48)64-38-52(46-19-7-2-8-20-46)34-36-60(64)68(56)67(55)59/h1-40H,41-44H2/q+1. The normalized spacial score (nSPS) is 13.7. The van der Waals surface area contributed by atoms with E-state index in [1.165, 1.54) is 132 Å². The molecule has 1 heteroatoms. The zero-order valence-corrected chi connectivity index (χ0v) is 38.4. The van der Waals surface area contributed by atoms with Crippen LogP contribution in [0.25, 0.3) is 110 Å². The summed E-state index contributed by atoms with van der Waals surface area (Å²) in [7, 11) is 0. The van der Waals surface area contributed by atoms with Crippen molar-refractivity contribution >= 4 is 43.1 Å². The van der Waals surface area contributed by atoms with Gasteiger partial charge in [0.25, 0.3) is 0 Å². The molecular weight excluding hydrogens is 831 g/mol. The van der Waals surface area contributed by atoms with Crippen LogP contribution in [-0.2, 0) is 26.2 Å². The molecule has 0 N–H and O–H groups in total. The van der Waals surface area contributed by atoms with E-state index in [2.05, 4.69) is 243 Å². The van der Waals surface area contributed by atoms with E-state index < -0.39 is 0 Å². The zero-order chi connectivity index (χ0) is 45.5. The topological polar surface area (TPSA) is 0 Å². The highest BCUT2D eigenvalue weighted by molar-refractivity contribution is 6.16. The van der Waals surface area contributed by atoms with Crippen LogP contribution in [0, 0.1) is 0 Å². The highest BCUT2D eigenvalue weighted by atomic mass is 15.4. The van der Waals surface area contributed by atoms with Crippen LogP contribution in [-0.4, -0.2) is 4.48 Å². The summed E-state index contributed by atoms with van der Waals surface area (Å²) in [6.07, 6.45) is 0. The SMILES string of the molecule is c1ccc(-c2ccc3c4c(cc(-c5ccccc5)c3c2)C[N+]2(Cc3ccc5ccccc5c3-c3c(ccc5ccccc35)C2)Cc2cc(-c3ccccc3)c3cc(-c5ccccc5)ccc3c2-4)cc1. The van der Waals surface area contributed by atoms with Crippen molar-refractivity contribution < 1.29 is 4.48 Å². The summed E-state index contributed by atoms with van der Waals surface area (Å²) in [6.45, 7) is 3.56. The van der Waals surface area contributed by atoms with E-state index in [0.717, 1.165) is 30.7 Å². The van der Waals surface area contributed by atoms with Crippen LogP contribution in [0.1, 0.15) is 22.3 Å². The molecule has 0 radical (unpaired) electrons. The van der Waals surface area contributed by atoms with Gasteiger partial charge in [0, 0.05) is 22.3 Å². The van der Waals surface area contributed by atoms with Gasteiger partial charge in [-0.3, -0.25) is 0 Å². The monoisotopic (exact) mass is 878 g/mol. The van der Waals surface area contributed by atoms with E-state index in [4.69, 9.17) is 0 Å². The second-order valence-corrected chi connectivity index (χ2v) is 19.5. The van der Waals surface area contributed by atoms with Crippen molar-refractivity contribution in [2.75, 3.05) is 0 Å². The molecule has 1 spiro atoms. The second kappa shape index (κ2) is 15.9. The first-order valence-electron chi connectivity index (χ1n) is 24.4. The molecule has 0 saturated heterocycles. The van der Waals surface area contributed by atoms with Gasteiger partial charge >= 0.3 is 0 Å². The lowest BCUT2D eigenvalue weighted by molar-refractivity contribution is -0.977. The van der Waals surface area contributed by atoms with Crippen molar-refractivity contribution in [1.29, 1.82) is 0 Å². The minimum absolute atomic E-state index is 0.861. The third-order valence-corrected chi connectivity index (χ3v) is 15.4. The van der Waals surface area contributed by atoms with E-state index in [-0.39, 0.29) is 0 Å². The van der Waals surface area contributed by atoms with E-state index in [1.54, 1.807) is 0 Å². The maximum atomic E-state index is 2.60. The predicted molar refractivity (Wildman–Crippen MR) is 291 cm³/mol. The maximum Gasteiger partial charge on any atom is 0.106 e. The smallest absolute Gasteiger partial charge is 0.106 e. The second-order valence-electron chi connectivity index (χ2n) is 19.5. The van der Waals surface area contributed by atoms with Gasteiger partial charge in [0.1, 0.15) is 26.2 Å². The van der Waals surface area contributed by atoms with Gasteiger partial charge in [0.2, 0.25) is 0 Å². The Balaban J connectivity index is 1.11. The van der Waals surface area contributed by atoms with E-state index >= 15 is 0 Å². The highest BCUT2D eigenvalue weighted by Crippen LogP contribution is 2.52. The van der Waals surface area contributed by atoms with Gasteiger partial charge in [0.05, 0.1) is 0 Å². The molecule has 0 atom stereocenters. The lowest BCUT2D eigenvalue weighted by Crippen LogP contribution is -2.44.